The number of ether oxygens (including phenoxy) is 1. The van der Waals surface area contributed by atoms with Crippen LogP contribution in [0.5, 0.6) is 0 Å². The molecule has 0 saturated heterocycles. The van der Waals surface area contributed by atoms with Crippen molar-refractivity contribution >= 4 is 31.6 Å². The smallest absolute Gasteiger partial charge is 0.328 e. The van der Waals surface area contributed by atoms with Crippen LogP contribution in [0, 0.1) is 0 Å². The summed E-state index contributed by atoms with van der Waals surface area (Å²) in [6.45, 7) is 0. The van der Waals surface area contributed by atoms with E-state index in [2.05, 4.69) is 4.74 Å². The van der Waals surface area contributed by atoms with Crippen LogP contribution in [-0.2, 0) is 34.0 Å². The molecule has 15 heavy (non-hydrogen) atoms. The first-order valence-electron chi connectivity index (χ1n) is 3.58. The van der Waals surface area contributed by atoms with Gasteiger partial charge in [0.15, 0.2) is 19.7 Å². The van der Waals surface area contributed by atoms with Crippen molar-refractivity contribution in [2.75, 3.05) is 24.0 Å². The Morgan fingerprint density at radius 3 is 1.33 bits per heavy atom. The molecule has 0 aromatic carbocycles. The maximum absolute atomic E-state index is 10.7. The number of hydrogen-bond donors (Lipinski definition) is 0. The van der Waals surface area contributed by atoms with E-state index in [1.165, 1.54) is 0 Å². The normalized spacial score (nSPS) is 12.1. The van der Waals surface area contributed by atoms with Crippen LogP contribution in [0.1, 0.15) is 0 Å². The molecule has 7 nitrogen and oxygen atoms in total. The van der Waals surface area contributed by atoms with Crippen LogP contribution < -0.4 is 0 Å². The number of rotatable bonds is 4. The molecule has 0 rings (SSSR count). The van der Waals surface area contributed by atoms with Gasteiger partial charge < -0.3 is 4.74 Å². The molecule has 0 aliphatic rings. The second kappa shape index (κ2) is 4.71. The van der Waals surface area contributed by atoms with Crippen molar-refractivity contribution in [3.63, 3.8) is 0 Å². The van der Waals surface area contributed by atoms with Crippen molar-refractivity contribution in [3.05, 3.63) is 0 Å². The molecule has 0 bridgehead atoms. The molecular weight excluding hydrogens is 248 g/mol. The van der Waals surface area contributed by atoms with Crippen LogP contribution in [0.4, 0.5) is 0 Å². The minimum Gasteiger partial charge on any atom is -0.392 e. The summed E-state index contributed by atoms with van der Waals surface area (Å²) in [4.78, 5) is 21.5. The van der Waals surface area contributed by atoms with Gasteiger partial charge in [0, 0.05) is 12.5 Å². The van der Waals surface area contributed by atoms with E-state index in [0.717, 1.165) is 12.5 Å². The van der Waals surface area contributed by atoms with E-state index in [1.54, 1.807) is 0 Å². The predicted molar refractivity (Wildman–Crippen MR) is 50.5 cm³/mol. The Balaban J connectivity index is 4.28. The van der Waals surface area contributed by atoms with Gasteiger partial charge in [0.05, 0.1) is 0 Å². The Morgan fingerprint density at radius 2 is 1.13 bits per heavy atom. The minimum absolute atomic E-state index is 0.787. The van der Waals surface area contributed by atoms with Gasteiger partial charge in [0.1, 0.15) is 11.5 Å². The zero-order valence-corrected chi connectivity index (χ0v) is 9.72. The Labute approximate surface area is 87.3 Å². The van der Waals surface area contributed by atoms with Crippen LogP contribution in [0.3, 0.4) is 0 Å². The van der Waals surface area contributed by atoms with E-state index in [4.69, 9.17) is 0 Å². The summed E-state index contributed by atoms with van der Waals surface area (Å²) < 4.78 is 46.3. The molecule has 0 unspecified atom stereocenters. The molecule has 0 aromatic rings. The van der Waals surface area contributed by atoms with Crippen molar-refractivity contribution in [2.45, 2.75) is 0 Å². The number of esters is 2. The van der Waals surface area contributed by atoms with Crippen molar-refractivity contribution in [2.24, 2.45) is 0 Å². The summed E-state index contributed by atoms with van der Waals surface area (Å²) in [6, 6.07) is 0. The second-order valence-electron chi connectivity index (χ2n) is 2.99. The molecule has 0 aliphatic heterocycles. The fraction of sp³-hybridized carbons (Fsp3) is 0.667. The first-order valence-corrected chi connectivity index (χ1v) is 7.71. The fourth-order valence-corrected chi connectivity index (χ4v) is 1.59. The second-order valence-corrected chi connectivity index (χ2v) is 7.27. The lowest BCUT2D eigenvalue weighted by Crippen LogP contribution is -2.25. The van der Waals surface area contributed by atoms with Crippen LogP contribution in [-0.4, -0.2) is 52.8 Å². The topological polar surface area (TPSA) is 112 Å². The summed E-state index contributed by atoms with van der Waals surface area (Å²) in [5.74, 6) is -4.48. The first kappa shape index (κ1) is 14.0. The molecule has 0 N–H and O–H groups in total. The highest BCUT2D eigenvalue weighted by Crippen LogP contribution is 1.91. The number of carbonyl (C=O) groups excluding carboxylic acids is 2. The largest absolute Gasteiger partial charge is 0.392 e. The monoisotopic (exact) mass is 258 g/mol. The van der Waals surface area contributed by atoms with Crippen molar-refractivity contribution in [3.8, 4) is 0 Å². The van der Waals surface area contributed by atoms with Gasteiger partial charge in [-0.05, 0) is 0 Å². The number of hydrogen-bond acceptors (Lipinski definition) is 7. The summed E-state index contributed by atoms with van der Waals surface area (Å²) in [5, 5.41) is 0. The molecule has 0 aromatic heterocycles. The quantitative estimate of drug-likeness (QED) is 0.429. The van der Waals surface area contributed by atoms with E-state index < -0.39 is 43.1 Å². The third kappa shape index (κ3) is 9.35. The van der Waals surface area contributed by atoms with Crippen LogP contribution in [0.15, 0.2) is 0 Å². The number of sulfone groups is 2. The lowest BCUT2D eigenvalue weighted by molar-refractivity contribution is -0.155. The lowest BCUT2D eigenvalue weighted by atomic mass is 10.7. The van der Waals surface area contributed by atoms with Gasteiger partial charge in [-0.15, -0.1) is 0 Å². The molecule has 0 spiro atoms. The molecule has 0 amide bonds. The van der Waals surface area contributed by atoms with Crippen LogP contribution >= 0.6 is 0 Å². The highest BCUT2D eigenvalue weighted by Gasteiger charge is 2.19. The van der Waals surface area contributed by atoms with Gasteiger partial charge in [-0.3, -0.25) is 9.59 Å². The van der Waals surface area contributed by atoms with E-state index in [0.29, 0.717) is 0 Å². The summed E-state index contributed by atoms with van der Waals surface area (Å²) in [6.07, 6.45) is 1.57. The maximum Gasteiger partial charge on any atom is 0.328 e. The maximum atomic E-state index is 10.7. The molecule has 88 valence electrons. The standard InChI is InChI=1S/C6H10O7S2/c1-14(9,10)3-5(7)13-6(8)4-15(2,11)12/h3-4H2,1-2H3. The molecular formula is C6H10O7S2. The lowest BCUT2D eigenvalue weighted by Gasteiger charge is -2.00. The zero-order chi connectivity index (χ0) is 12.3. The van der Waals surface area contributed by atoms with Gasteiger partial charge in [-0.1, -0.05) is 0 Å². The summed E-state index contributed by atoms with van der Waals surface area (Å²) in [7, 11) is -7.18. The molecule has 9 heteroatoms. The highest BCUT2D eigenvalue weighted by atomic mass is 32.2. The third-order valence-electron chi connectivity index (χ3n) is 0.988. The van der Waals surface area contributed by atoms with Crippen molar-refractivity contribution in [1.29, 1.82) is 0 Å². The number of carbonyl (C=O) groups is 2. The zero-order valence-electron chi connectivity index (χ0n) is 8.09. The van der Waals surface area contributed by atoms with E-state index in [-0.39, 0.29) is 0 Å². The highest BCUT2D eigenvalue weighted by molar-refractivity contribution is 7.91. The van der Waals surface area contributed by atoms with Crippen LogP contribution in [0.25, 0.3) is 0 Å². The predicted octanol–water partition coefficient (Wildman–Crippen LogP) is -1.85. The average molecular weight is 258 g/mol. The molecule has 0 aliphatic carbocycles. The van der Waals surface area contributed by atoms with Crippen molar-refractivity contribution < 1.29 is 31.2 Å². The van der Waals surface area contributed by atoms with E-state index >= 15 is 0 Å². The van der Waals surface area contributed by atoms with Gasteiger partial charge in [0.2, 0.25) is 0 Å². The van der Waals surface area contributed by atoms with Gasteiger partial charge in [0.25, 0.3) is 0 Å². The Hall–Kier alpha value is -0.960. The fourth-order valence-electron chi connectivity index (χ4n) is 0.614. The molecule has 0 atom stereocenters. The Kier molecular flexibility index (Phi) is 4.41. The third-order valence-corrected chi connectivity index (χ3v) is 2.51. The van der Waals surface area contributed by atoms with E-state index in [1.807, 2.05) is 0 Å². The SMILES string of the molecule is CS(=O)(=O)CC(=O)OC(=O)CS(C)(=O)=O. The van der Waals surface area contributed by atoms with E-state index in [9.17, 15) is 26.4 Å². The average Bonchev–Trinajstić information content (AvgIpc) is 1.73. The Bertz CT molecular complexity index is 412. The Morgan fingerprint density at radius 1 is 0.867 bits per heavy atom. The minimum atomic E-state index is -3.59. The molecule has 0 radical (unpaired) electrons. The van der Waals surface area contributed by atoms with Gasteiger partial charge in [-0.2, -0.15) is 0 Å². The van der Waals surface area contributed by atoms with Crippen LogP contribution in [0.2, 0.25) is 0 Å². The first-order chi connectivity index (χ1) is 6.49. The van der Waals surface area contributed by atoms with Gasteiger partial charge in [-0.25, -0.2) is 16.8 Å². The molecule has 0 saturated carbocycles. The van der Waals surface area contributed by atoms with Gasteiger partial charge >= 0.3 is 11.9 Å². The molecule has 0 fully saturated rings. The summed E-state index contributed by atoms with van der Waals surface area (Å²) in [5.41, 5.74) is 0. The molecule has 0 heterocycles. The summed E-state index contributed by atoms with van der Waals surface area (Å²) >= 11 is 0. The van der Waals surface area contributed by atoms with Crippen molar-refractivity contribution in [1.82, 2.24) is 0 Å².